The van der Waals surface area contributed by atoms with Gasteiger partial charge in [-0.2, -0.15) is 0 Å². The van der Waals surface area contributed by atoms with Crippen molar-refractivity contribution in [3.63, 3.8) is 0 Å². The van der Waals surface area contributed by atoms with Gasteiger partial charge in [0, 0.05) is 18.2 Å². The molecule has 2 N–H and O–H groups in total. The SMILES string of the molecule is COCc1cccc(OCc2ccccc2C#CCN)c1. The predicted molar refractivity (Wildman–Crippen MR) is 83.9 cm³/mol. The fourth-order valence-electron chi connectivity index (χ4n) is 1.97. The molecule has 2 aromatic carbocycles. The van der Waals surface area contributed by atoms with Gasteiger partial charge in [0.2, 0.25) is 0 Å². The van der Waals surface area contributed by atoms with Crippen molar-refractivity contribution in [2.45, 2.75) is 13.2 Å². The second-order valence-corrected chi connectivity index (χ2v) is 4.53. The zero-order valence-corrected chi connectivity index (χ0v) is 12.1. The van der Waals surface area contributed by atoms with Gasteiger partial charge in [-0.15, -0.1) is 0 Å². The van der Waals surface area contributed by atoms with E-state index in [9.17, 15) is 0 Å². The average Bonchev–Trinajstić information content (AvgIpc) is 2.52. The Labute approximate surface area is 125 Å². The van der Waals surface area contributed by atoms with Gasteiger partial charge in [-0.25, -0.2) is 0 Å². The minimum Gasteiger partial charge on any atom is -0.489 e. The van der Waals surface area contributed by atoms with Crippen molar-refractivity contribution in [1.29, 1.82) is 0 Å². The molecule has 0 saturated carbocycles. The highest BCUT2D eigenvalue weighted by molar-refractivity contribution is 5.41. The smallest absolute Gasteiger partial charge is 0.120 e. The second kappa shape index (κ2) is 8.11. The van der Waals surface area contributed by atoms with Crippen molar-refractivity contribution in [2.24, 2.45) is 5.73 Å². The maximum absolute atomic E-state index is 5.85. The minimum atomic E-state index is 0.355. The maximum atomic E-state index is 5.85. The summed E-state index contributed by atoms with van der Waals surface area (Å²) in [4.78, 5) is 0. The van der Waals surface area contributed by atoms with Crippen LogP contribution in [-0.2, 0) is 18.0 Å². The standard InChI is InChI=1S/C18H19NO2/c1-20-13-15-6-4-10-18(12-15)21-14-17-8-3-2-7-16(17)9-5-11-19/h2-4,6-8,10,12H,11,13-14,19H2,1H3. The fourth-order valence-corrected chi connectivity index (χ4v) is 1.97. The van der Waals surface area contributed by atoms with Crippen LogP contribution in [0.25, 0.3) is 0 Å². The summed E-state index contributed by atoms with van der Waals surface area (Å²) in [5.41, 5.74) is 8.52. The maximum Gasteiger partial charge on any atom is 0.120 e. The van der Waals surface area contributed by atoms with Crippen LogP contribution >= 0.6 is 0 Å². The quantitative estimate of drug-likeness (QED) is 0.857. The molecule has 0 aliphatic rings. The Balaban J connectivity index is 2.08. The normalized spacial score (nSPS) is 9.81. The van der Waals surface area contributed by atoms with Crippen LogP contribution in [0.3, 0.4) is 0 Å². The highest BCUT2D eigenvalue weighted by Gasteiger charge is 2.01. The molecule has 108 valence electrons. The van der Waals surface area contributed by atoms with Gasteiger partial charge < -0.3 is 15.2 Å². The van der Waals surface area contributed by atoms with Gasteiger partial charge in [-0.1, -0.05) is 42.2 Å². The Hall–Kier alpha value is -2.28. The monoisotopic (exact) mass is 281 g/mol. The van der Waals surface area contributed by atoms with Crippen LogP contribution in [0.5, 0.6) is 5.75 Å². The third-order valence-electron chi connectivity index (χ3n) is 2.95. The van der Waals surface area contributed by atoms with Gasteiger partial charge in [0.05, 0.1) is 13.2 Å². The number of hydrogen-bond acceptors (Lipinski definition) is 3. The molecule has 3 heteroatoms. The molecule has 0 radical (unpaired) electrons. The highest BCUT2D eigenvalue weighted by Crippen LogP contribution is 2.17. The van der Waals surface area contributed by atoms with Crippen LogP contribution in [0.2, 0.25) is 0 Å². The van der Waals surface area contributed by atoms with E-state index in [4.69, 9.17) is 15.2 Å². The molecule has 0 saturated heterocycles. The number of benzene rings is 2. The molecule has 0 amide bonds. The molecule has 0 bridgehead atoms. The molecule has 0 atom stereocenters. The lowest BCUT2D eigenvalue weighted by atomic mass is 10.1. The zero-order chi connectivity index (χ0) is 14.9. The first kappa shape index (κ1) is 15.1. The van der Waals surface area contributed by atoms with Gasteiger partial charge in [0.15, 0.2) is 0 Å². The van der Waals surface area contributed by atoms with E-state index in [-0.39, 0.29) is 0 Å². The Morgan fingerprint density at radius 3 is 2.71 bits per heavy atom. The summed E-state index contributed by atoms with van der Waals surface area (Å²) in [5, 5.41) is 0. The third-order valence-corrected chi connectivity index (χ3v) is 2.95. The van der Waals surface area contributed by atoms with E-state index < -0.39 is 0 Å². The molecule has 2 aromatic rings. The van der Waals surface area contributed by atoms with Crippen molar-refractivity contribution < 1.29 is 9.47 Å². The van der Waals surface area contributed by atoms with E-state index in [1.54, 1.807) is 7.11 Å². The van der Waals surface area contributed by atoms with Crippen molar-refractivity contribution in [1.82, 2.24) is 0 Å². The van der Waals surface area contributed by atoms with Crippen LogP contribution in [-0.4, -0.2) is 13.7 Å². The van der Waals surface area contributed by atoms with Crippen LogP contribution in [0.1, 0.15) is 16.7 Å². The molecule has 0 fully saturated rings. The summed E-state index contributed by atoms with van der Waals surface area (Å²) in [6.07, 6.45) is 0. The lowest BCUT2D eigenvalue weighted by Gasteiger charge is -2.09. The molecule has 0 aromatic heterocycles. The van der Waals surface area contributed by atoms with E-state index in [1.807, 2.05) is 48.5 Å². The summed E-state index contributed by atoms with van der Waals surface area (Å²) < 4.78 is 11.0. The second-order valence-electron chi connectivity index (χ2n) is 4.53. The predicted octanol–water partition coefficient (Wildman–Crippen LogP) is 2.72. The van der Waals surface area contributed by atoms with E-state index in [0.717, 1.165) is 22.4 Å². The first-order valence-electron chi connectivity index (χ1n) is 6.81. The van der Waals surface area contributed by atoms with Crippen molar-refractivity contribution in [2.75, 3.05) is 13.7 Å². The van der Waals surface area contributed by atoms with E-state index in [0.29, 0.717) is 19.8 Å². The van der Waals surface area contributed by atoms with Crippen molar-refractivity contribution >= 4 is 0 Å². The third kappa shape index (κ3) is 4.64. The van der Waals surface area contributed by atoms with E-state index in [2.05, 4.69) is 11.8 Å². The van der Waals surface area contributed by atoms with Crippen LogP contribution in [0, 0.1) is 11.8 Å². The molecule has 0 aliphatic carbocycles. The molecule has 0 unspecified atom stereocenters. The molecule has 0 heterocycles. The van der Waals surface area contributed by atoms with Gasteiger partial charge in [0.1, 0.15) is 12.4 Å². The fraction of sp³-hybridized carbons (Fsp3) is 0.222. The van der Waals surface area contributed by atoms with Crippen LogP contribution in [0.4, 0.5) is 0 Å². The summed E-state index contributed by atoms with van der Waals surface area (Å²) in [7, 11) is 1.68. The molecule has 21 heavy (non-hydrogen) atoms. The molecule has 0 spiro atoms. The van der Waals surface area contributed by atoms with E-state index in [1.165, 1.54) is 0 Å². The van der Waals surface area contributed by atoms with Gasteiger partial charge >= 0.3 is 0 Å². The van der Waals surface area contributed by atoms with Crippen molar-refractivity contribution in [3.05, 3.63) is 65.2 Å². The number of rotatable bonds is 5. The Bertz CT molecular complexity index is 641. The molecular weight excluding hydrogens is 262 g/mol. The lowest BCUT2D eigenvalue weighted by molar-refractivity contribution is 0.184. The topological polar surface area (TPSA) is 44.5 Å². The van der Waals surface area contributed by atoms with Gasteiger partial charge in [-0.3, -0.25) is 0 Å². The number of nitrogens with two attached hydrogens (primary N) is 1. The largest absolute Gasteiger partial charge is 0.489 e. The summed E-state index contributed by atoms with van der Waals surface area (Å²) >= 11 is 0. The number of methoxy groups -OCH3 is 1. The van der Waals surface area contributed by atoms with Gasteiger partial charge in [-0.05, 0) is 23.8 Å². The average molecular weight is 281 g/mol. The number of hydrogen-bond donors (Lipinski definition) is 1. The molecular formula is C18H19NO2. The zero-order valence-electron chi connectivity index (χ0n) is 12.1. The summed E-state index contributed by atoms with van der Waals surface area (Å²) in [6, 6.07) is 15.8. The lowest BCUT2D eigenvalue weighted by Crippen LogP contribution is -1.99. The Kier molecular flexibility index (Phi) is 5.83. The molecule has 0 aliphatic heterocycles. The van der Waals surface area contributed by atoms with Crippen molar-refractivity contribution in [3.8, 4) is 17.6 Å². The minimum absolute atomic E-state index is 0.355. The van der Waals surface area contributed by atoms with Gasteiger partial charge in [0.25, 0.3) is 0 Å². The van der Waals surface area contributed by atoms with E-state index >= 15 is 0 Å². The highest BCUT2D eigenvalue weighted by atomic mass is 16.5. The first-order chi connectivity index (χ1) is 10.3. The number of ether oxygens (including phenoxy) is 2. The molecule has 2 rings (SSSR count). The Morgan fingerprint density at radius 1 is 1.05 bits per heavy atom. The first-order valence-corrected chi connectivity index (χ1v) is 6.81. The summed E-state index contributed by atoms with van der Waals surface area (Å²) in [5.74, 6) is 6.77. The summed E-state index contributed by atoms with van der Waals surface area (Å²) in [6.45, 7) is 1.41. The van der Waals surface area contributed by atoms with Crippen LogP contribution in [0.15, 0.2) is 48.5 Å². The molecule has 3 nitrogen and oxygen atoms in total. The van der Waals surface area contributed by atoms with Crippen LogP contribution < -0.4 is 10.5 Å². The Morgan fingerprint density at radius 2 is 1.90 bits per heavy atom.